The molecule has 37 heavy (non-hydrogen) atoms. The van der Waals surface area contributed by atoms with Crippen LogP contribution in [-0.2, 0) is 17.4 Å². The smallest absolute Gasteiger partial charge is 0.416 e. The van der Waals surface area contributed by atoms with E-state index < -0.39 is 35.8 Å². The number of nitrogens with zero attached hydrogens (tertiary/aromatic N) is 2. The molecular formula is C27H20F3N3O4. The maximum absolute atomic E-state index is 13.8. The van der Waals surface area contributed by atoms with Gasteiger partial charge in [-0.1, -0.05) is 30.3 Å². The van der Waals surface area contributed by atoms with Crippen LogP contribution in [0, 0.1) is 0 Å². The summed E-state index contributed by atoms with van der Waals surface area (Å²) in [5, 5.41) is 11.0. The van der Waals surface area contributed by atoms with E-state index in [1.54, 1.807) is 12.1 Å². The summed E-state index contributed by atoms with van der Waals surface area (Å²) >= 11 is 0. The number of amides is 3. The van der Waals surface area contributed by atoms with E-state index in [4.69, 9.17) is 4.74 Å². The summed E-state index contributed by atoms with van der Waals surface area (Å²) in [6, 6.07) is 14.0. The first-order valence-corrected chi connectivity index (χ1v) is 11.5. The first-order chi connectivity index (χ1) is 17.7. The molecule has 188 valence electrons. The Labute approximate surface area is 208 Å². The molecule has 3 heterocycles. The van der Waals surface area contributed by atoms with E-state index in [1.807, 2.05) is 24.3 Å². The van der Waals surface area contributed by atoms with Crippen LogP contribution in [0.5, 0.6) is 11.5 Å². The van der Waals surface area contributed by atoms with Gasteiger partial charge in [0.25, 0.3) is 5.91 Å². The zero-order chi connectivity index (χ0) is 26.1. The number of aromatic hydroxyl groups is 1. The third-order valence-corrected chi connectivity index (χ3v) is 7.00. The van der Waals surface area contributed by atoms with Crippen LogP contribution in [0.4, 0.5) is 23.7 Å². The lowest BCUT2D eigenvalue weighted by atomic mass is 9.88. The van der Waals surface area contributed by atoms with E-state index in [9.17, 15) is 27.9 Å². The van der Waals surface area contributed by atoms with Gasteiger partial charge in [0.2, 0.25) is 0 Å². The first kappa shape index (κ1) is 23.0. The predicted octanol–water partition coefficient (Wildman–Crippen LogP) is 5.38. The minimum Gasteiger partial charge on any atom is -0.504 e. The van der Waals surface area contributed by atoms with Gasteiger partial charge in [-0.25, -0.2) is 9.69 Å². The van der Waals surface area contributed by atoms with E-state index in [-0.39, 0.29) is 23.6 Å². The highest BCUT2D eigenvalue weighted by Crippen LogP contribution is 2.46. The van der Waals surface area contributed by atoms with Crippen LogP contribution in [0.3, 0.4) is 0 Å². The van der Waals surface area contributed by atoms with Crippen molar-refractivity contribution in [3.05, 3.63) is 89.1 Å². The standard InChI is InChI=1S/C27H20F3N3O4/c1-37-22-11-14(9-10-21(22)34)24-23-18(17-7-2-3-8-19(17)31-23)13-20-25(35)32(26(36)33(20)24)16-6-4-5-15(12-16)27(28,29)30/h2-12,20,24,31,34H,13H2,1H3/t20-,24-/m1/s1. The molecule has 2 aliphatic heterocycles. The van der Waals surface area contributed by atoms with Gasteiger partial charge in [-0.2, -0.15) is 13.2 Å². The fourth-order valence-corrected chi connectivity index (χ4v) is 5.34. The van der Waals surface area contributed by atoms with Gasteiger partial charge in [0.1, 0.15) is 12.1 Å². The maximum atomic E-state index is 13.8. The van der Waals surface area contributed by atoms with Crippen molar-refractivity contribution in [2.75, 3.05) is 12.0 Å². The Morgan fingerprint density at radius 1 is 1.03 bits per heavy atom. The second-order valence-electron chi connectivity index (χ2n) is 9.03. The number of hydrogen-bond donors (Lipinski definition) is 2. The van der Waals surface area contributed by atoms with Crippen LogP contribution in [0.15, 0.2) is 66.7 Å². The number of phenols is 1. The Kier molecular flexibility index (Phi) is 4.98. The highest BCUT2D eigenvalue weighted by molar-refractivity contribution is 6.22. The summed E-state index contributed by atoms with van der Waals surface area (Å²) in [5.41, 5.74) is 1.85. The summed E-state index contributed by atoms with van der Waals surface area (Å²) < 4.78 is 45.4. The van der Waals surface area contributed by atoms with Crippen molar-refractivity contribution in [2.45, 2.75) is 24.7 Å². The molecule has 0 aliphatic carbocycles. The van der Waals surface area contributed by atoms with Gasteiger partial charge in [-0.15, -0.1) is 0 Å². The Balaban J connectivity index is 1.53. The predicted molar refractivity (Wildman–Crippen MR) is 128 cm³/mol. The molecule has 1 fully saturated rings. The normalized spacial score (nSPS) is 19.4. The minimum absolute atomic E-state index is 0.0927. The molecule has 3 aromatic carbocycles. The highest BCUT2D eigenvalue weighted by atomic mass is 19.4. The van der Waals surface area contributed by atoms with Crippen LogP contribution in [0.1, 0.15) is 28.4 Å². The molecule has 0 unspecified atom stereocenters. The number of anilines is 1. The number of aromatic amines is 1. The molecule has 3 amide bonds. The van der Waals surface area contributed by atoms with Crippen molar-refractivity contribution < 1.29 is 32.6 Å². The number of ether oxygens (including phenoxy) is 1. The number of fused-ring (bicyclic) bond motifs is 4. The summed E-state index contributed by atoms with van der Waals surface area (Å²) in [6.45, 7) is 0. The maximum Gasteiger partial charge on any atom is 0.416 e. The molecule has 7 nitrogen and oxygen atoms in total. The summed E-state index contributed by atoms with van der Waals surface area (Å²) in [7, 11) is 1.40. The number of aromatic nitrogens is 1. The summed E-state index contributed by atoms with van der Waals surface area (Å²) in [6.07, 6.45) is -4.43. The lowest BCUT2D eigenvalue weighted by Crippen LogP contribution is -2.44. The van der Waals surface area contributed by atoms with Gasteiger partial charge < -0.3 is 14.8 Å². The van der Waals surface area contributed by atoms with Gasteiger partial charge in [0.05, 0.1) is 18.4 Å². The number of H-pyrrole nitrogens is 1. The van der Waals surface area contributed by atoms with Gasteiger partial charge in [0, 0.05) is 23.0 Å². The van der Waals surface area contributed by atoms with E-state index >= 15 is 0 Å². The third-order valence-electron chi connectivity index (χ3n) is 7.00. The largest absolute Gasteiger partial charge is 0.504 e. The Hall–Kier alpha value is -4.47. The number of nitrogens with one attached hydrogen (secondary N) is 1. The molecule has 6 rings (SSSR count). The Bertz CT molecular complexity index is 1580. The fourth-order valence-electron chi connectivity index (χ4n) is 5.34. The highest BCUT2D eigenvalue weighted by Gasteiger charge is 2.53. The summed E-state index contributed by atoms with van der Waals surface area (Å²) in [5.74, 6) is -0.508. The molecular weight excluding hydrogens is 487 g/mol. The molecule has 0 spiro atoms. The van der Waals surface area contributed by atoms with Crippen molar-refractivity contribution >= 4 is 28.5 Å². The van der Waals surface area contributed by atoms with Crippen molar-refractivity contribution in [1.29, 1.82) is 0 Å². The minimum atomic E-state index is -4.63. The molecule has 0 bridgehead atoms. The van der Waals surface area contributed by atoms with Crippen LogP contribution >= 0.6 is 0 Å². The van der Waals surface area contributed by atoms with E-state index in [2.05, 4.69) is 4.98 Å². The lowest BCUT2D eigenvalue weighted by molar-refractivity contribution is -0.137. The number of phenolic OH excluding ortho intramolecular Hbond substituents is 1. The number of para-hydroxylation sites is 1. The lowest BCUT2D eigenvalue weighted by Gasteiger charge is -2.36. The average Bonchev–Trinajstić information content (AvgIpc) is 3.37. The summed E-state index contributed by atoms with van der Waals surface area (Å²) in [4.78, 5) is 33.0. The van der Waals surface area contributed by atoms with Crippen molar-refractivity contribution in [1.82, 2.24) is 9.88 Å². The SMILES string of the molecule is COc1cc([C@@H]2c3[nH]c4ccccc4c3C[C@@H]3C(=O)N(c4cccc(C(F)(F)F)c4)C(=O)N23)ccc1O. The van der Waals surface area contributed by atoms with Crippen LogP contribution in [0.2, 0.25) is 0 Å². The van der Waals surface area contributed by atoms with Gasteiger partial charge in [0.15, 0.2) is 11.5 Å². The van der Waals surface area contributed by atoms with E-state index in [0.29, 0.717) is 11.3 Å². The molecule has 1 saturated heterocycles. The monoisotopic (exact) mass is 507 g/mol. The molecule has 0 radical (unpaired) electrons. The number of imide groups is 1. The molecule has 2 aliphatic rings. The number of methoxy groups -OCH3 is 1. The van der Waals surface area contributed by atoms with Crippen LogP contribution in [0.25, 0.3) is 10.9 Å². The zero-order valence-corrected chi connectivity index (χ0v) is 19.4. The topological polar surface area (TPSA) is 85.9 Å². The second-order valence-corrected chi connectivity index (χ2v) is 9.03. The number of carbonyl (C=O) groups is 2. The van der Waals surface area contributed by atoms with E-state index in [1.165, 1.54) is 30.2 Å². The average molecular weight is 507 g/mol. The van der Waals surface area contributed by atoms with Crippen molar-refractivity contribution in [3.63, 3.8) is 0 Å². The molecule has 2 atom stereocenters. The third kappa shape index (κ3) is 3.43. The second kappa shape index (κ2) is 8.02. The number of benzene rings is 3. The van der Waals surface area contributed by atoms with Gasteiger partial charge >= 0.3 is 12.2 Å². The quantitative estimate of drug-likeness (QED) is 0.365. The Morgan fingerprint density at radius 3 is 2.57 bits per heavy atom. The molecule has 4 aromatic rings. The number of urea groups is 1. The van der Waals surface area contributed by atoms with E-state index in [0.717, 1.165) is 33.5 Å². The van der Waals surface area contributed by atoms with Crippen molar-refractivity contribution in [2.24, 2.45) is 0 Å². The molecule has 2 N–H and O–H groups in total. The zero-order valence-electron chi connectivity index (χ0n) is 19.4. The number of carbonyl (C=O) groups excluding carboxylic acids is 2. The van der Waals surface area contributed by atoms with Crippen molar-refractivity contribution in [3.8, 4) is 11.5 Å². The molecule has 10 heteroatoms. The van der Waals surface area contributed by atoms with Gasteiger partial charge in [-0.3, -0.25) is 9.69 Å². The molecule has 1 aromatic heterocycles. The van der Waals surface area contributed by atoms with Gasteiger partial charge in [-0.05, 0) is 47.5 Å². The number of halogens is 3. The fraction of sp³-hybridized carbons (Fsp3) is 0.185. The first-order valence-electron chi connectivity index (χ1n) is 11.5. The Morgan fingerprint density at radius 2 is 1.81 bits per heavy atom. The number of hydrogen-bond acceptors (Lipinski definition) is 4. The number of alkyl halides is 3. The molecule has 0 saturated carbocycles. The number of rotatable bonds is 3. The van der Waals surface area contributed by atoms with Crippen LogP contribution in [-0.4, -0.2) is 40.1 Å². The van der Waals surface area contributed by atoms with Crippen LogP contribution < -0.4 is 9.64 Å².